The smallest absolute Gasteiger partial charge is 0.356 e. The van der Waals surface area contributed by atoms with E-state index < -0.39 is 11.5 Å². The molecule has 7 rings (SSSR count). The van der Waals surface area contributed by atoms with Crippen LogP contribution in [0.2, 0.25) is 0 Å². The van der Waals surface area contributed by atoms with E-state index in [1.807, 2.05) is 29.1 Å². The number of rotatable bonds is 6. The summed E-state index contributed by atoms with van der Waals surface area (Å²) in [6.45, 7) is 1.79. The molecule has 0 atom stereocenters. The van der Waals surface area contributed by atoms with Crippen molar-refractivity contribution in [1.29, 1.82) is 0 Å². The molecule has 0 saturated carbocycles. The summed E-state index contributed by atoms with van der Waals surface area (Å²) in [4.78, 5) is 12.3. The molecule has 0 spiro atoms. The third-order valence-electron chi connectivity index (χ3n) is 8.49. The van der Waals surface area contributed by atoms with Crippen molar-refractivity contribution in [3.8, 4) is 11.3 Å². The van der Waals surface area contributed by atoms with Gasteiger partial charge in [-0.3, -0.25) is 4.68 Å². The van der Waals surface area contributed by atoms with Gasteiger partial charge in [-0.1, -0.05) is 91.0 Å². The molecule has 1 aliphatic carbocycles. The maximum Gasteiger partial charge on any atom is 0.356 e. The SMILES string of the molecule is O=C(O)c1nn(C2CCNCC2)c2c1CCc1c-2cnn1C(c1ccccc1)(c1ccccc1)c1ccccc1. The molecule has 2 aromatic heterocycles. The Labute approximate surface area is 233 Å². The van der Waals surface area contributed by atoms with Gasteiger partial charge in [-0.05, 0) is 55.5 Å². The molecule has 0 unspecified atom stereocenters. The van der Waals surface area contributed by atoms with Gasteiger partial charge < -0.3 is 10.4 Å². The molecular formula is C33H31N5O2. The molecule has 0 amide bonds. The van der Waals surface area contributed by atoms with Crippen LogP contribution in [0.3, 0.4) is 0 Å². The van der Waals surface area contributed by atoms with Gasteiger partial charge >= 0.3 is 5.97 Å². The first-order valence-electron chi connectivity index (χ1n) is 14.0. The maximum absolute atomic E-state index is 12.3. The monoisotopic (exact) mass is 529 g/mol. The summed E-state index contributed by atoms with van der Waals surface area (Å²) < 4.78 is 4.18. The summed E-state index contributed by atoms with van der Waals surface area (Å²) >= 11 is 0. The van der Waals surface area contributed by atoms with E-state index in [0.717, 1.165) is 65.1 Å². The van der Waals surface area contributed by atoms with Gasteiger partial charge in [0, 0.05) is 11.1 Å². The van der Waals surface area contributed by atoms with Crippen molar-refractivity contribution in [2.24, 2.45) is 0 Å². The molecule has 7 heteroatoms. The third kappa shape index (κ3) is 3.72. The molecule has 7 nitrogen and oxygen atoms in total. The number of nitrogens with one attached hydrogen (secondary N) is 1. The van der Waals surface area contributed by atoms with E-state index >= 15 is 0 Å². The topological polar surface area (TPSA) is 85.0 Å². The second-order valence-corrected chi connectivity index (χ2v) is 10.6. The number of hydrogen-bond donors (Lipinski definition) is 2. The number of fused-ring (bicyclic) bond motifs is 3. The third-order valence-corrected chi connectivity index (χ3v) is 8.49. The van der Waals surface area contributed by atoms with E-state index in [9.17, 15) is 9.90 Å². The lowest BCUT2D eigenvalue weighted by molar-refractivity contribution is 0.0687. The second kappa shape index (κ2) is 9.92. The highest BCUT2D eigenvalue weighted by molar-refractivity contribution is 5.90. The minimum absolute atomic E-state index is 0.152. The van der Waals surface area contributed by atoms with Crippen molar-refractivity contribution in [3.05, 3.63) is 131 Å². The number of aromatic carboxylic acids is 1. The van der Waals surface area contributed by atoms with Crippen LogP contribution < -0.4 is 5.32 Å². The number of hydrogen-bond acceptors (Lipinski definition) is 4. The number of aromatic nitrogens is 4. The molecule has 1 saturated heterocycles. The van der Waals surface area contributed by atoms with Crippen molar-refractivity contribution in [1.82, 2.24) is 24.9 Å². The first kappa shape index (κ1) is 24.5. The lowest BCUT2D eigenvalue weighted by Gasteiger charge is -2.38. The van der Waals surface area contributed by atoms with Crippen LogP contribution in [0.15, 0.2) is 97.2 Å². The summed E-state index contributed by atoms with van der Waals surface area (Å²) in [5.41, 5.74) is 6.61. The fourth-order valence-corrected chi connectivity index (χ4v) is 6.73. The van der Waals surface area contributed by atoms with Gasteiger partial charge in [0.15, 0.2) is 5.69 Å². The normalized spacial score (nSPS) is 15.4. The van der Waals surface area contributed by atoms with Gasteiger partial charge in [0.25, 0.3) is 0 Å². The van der Waals surface area contributed by atoms with Gasteiger partial charge in [-0.25, -0.2) is 9.48 Å². The molecule has 3 aromatic carbocycles. The molecule has 0 bridgehead atoms. The Morgan fingerprint density at radius 3 is 1.90 bits per heavy atom. The number of benzene rings is 3. The Kier molecular flexibility index (Phi) is 6.09. The van der Waals surface area contributed by atoms with Gasteiger partial charge in [0.05, 0.1) is 23.6 Å². The van der Waals surface area contributed by atoms with Crippen molar-refractivity contribution in [2.45, 2.75) is 37.3 Å². The summed E-state index contributed by atoms with van der Waals surface area (Å²) in [5, 5.41) is 23.4. The average Bonchev–Trinajstić information content (AvgIpc) is 3.62. The number of piperidine rings is 1. The van der Waals surface area contributed by atoms with E-state index in [2.05, 4.69) is 82.8 Å². The van der Waals surface area contributed by atoms with E-state index in [-0.39, 0.29) is 11.7 Å². The zero-order valence-corrected chi connectivity index (χ0v) is 22.2. The summed E-state index contributed by atoms with van der Waals surface area (Å²) in [7, 11) is 0. The van der Waals surface area contributed by atoms with Crippen LogP contribution in [0, 0.1) is 0 Å². The molecule has 3 heterocycles. The van der Waals surface area contributed by atoms with E-state index in [1.165, 1.54) is 0 Å². The molecule has 2 N–H and O–H groups in total. The van der Waals surface area contributed by atoms with E-state index in [0.29, 0.717) is 12.8 Å². The number of carboxylic acid groups (broad SMARTS) is 1. The maximum atomic E-state index is 12.3. The molecule has 0 radical (unpaired) electrons. The fourth-order valence-electron chi connectivity index (χ4n) is 6.73. The minimum Gasteiger partial charge on any atom is -0.476 e. The highest BCUT2D eigenvalue weighted by atomic mass is 16.4. The predicted octanol–water partition coefficient (Wildman–Crippen LogP) is 5.31. The zero-order chi connectivity index (χ0) is 27.1. The molecule has 1 fully saturated rings. The van der Waals surface area contributed by atoms with Crippen molar-refractivity contribution in [2.75, 3.05) is 13.1 Å². The lowest BCUT2D eigenvalue weighted by Crippen LogP contribution is -2.40. The number of carbonyl (C=O) groups is 1. The minimum atomic E-state index is -0.966. The van der Waals surface area contributed by atoms with Crippen molar-refractivity contribution >= 4 is 5.97 Å². The van der Waals surface area contributed by atoms with Gasteiger partial charge in [-0.15, -0.1) is 0 Å². The van der Waals surface area contributed by atoms with E-state index in [1.54, 1.807) is 0 Å². The molecule has 40 heavy (non-hydrogen) atoms. The van der Waals surface area contributed by atoms with Crippen LogP contribution in [0.4, 0.5) is 0 Å². The molecule has 2 aliphatic rings. The Morgan fingerprint density at radius 2 is 1.38 bits per heavy atom. The number of nitrogens with zero attached hydrogens (tertiary/aromatic N) is 4. The lowest BCUT2D eigenvalue weighted by atomic mass is 9.76. The van der Waals surface area contributed by atoms with Gasteiger partial charge in [0.1, 0.15) is 5.54 Å². The van der Waals surface area contributed by atoms with Crippen LogP contribution >= 0.6 is 0 Å². The van der Waals surface area contributed by atoms with Crippen molar-refractivity contribution in [3.63, 3.8) is 0 Å². The number of carboxylic acids is 1. The molecule has 1 aliphatic heterocycles. The predicted molar refractivity (Wildman–Crippen MR) is 154 cm³/mol. The molecule has 5 aromatic rings. The highest BCUT2D eigenvalue weighted by Gasteiger charge is 2.43. The fraction of sp³-hybridized carbons (Fsp3) is 0.242. The Hall–Kier alpha value is -4.49. The van der Waals surface area contributed by atoms with Gasteiger partial charge in [-0.2, -0.15) is 10.2 Å². The quantitative estimate of drug-likeness (QED) is 0.291. The second-order valence-electron chi connectivity index (χ2n) is 10.6. The van der Waals surface area contributed by atoms with Crippen LogP contribution in [0.25, 0.3) is 11.3 Å². The molecule has 200 valence electrons. The van der Waals surface area contributed by atoms with Crippen LogP contribution in [0.5, 0.6) is 0 Å². The summed E-state index contributed by atoms with van der Waals surface area (Å²) in [5.74, 6) is -0.966. The Bertz CT molecular complexity index is 1550. The average molecular weight is 530 g/mol. The largest absolute Gasteiger partial charge is 0.476 e. The van der Waals surface area contributed by atoms with Crippen LogP contribution in [-0.4, -0.2) is 43.7 Å². The van der Waals surface area contributed by atoms with E-state index in [4.69, 9.17) is 10.2 Å². The van der Waals surface area contributed by atoms with Gasteiger partial charge in [0.2, 0.25) is 0 Å². The Morgan fingerprint density at radius 1 is 0.825 bits per heavy atom. The highest BCUT2D eigenvalue weighted by Crippen LogP contribution is 2.45. The first-order valence-corrected chi connectivity index (χ1v) is 14.0. The Balaban J connectivity index is 1.52. The van der Waals surface area contributed by atoms with Crippen LogP contribution in [0.1, 0.15) is 57.3 Å². The standard InChI is InChI=1S/C33H31N5O2/c39-32(40)30-27-16-17-29-28(31(27)37(36-30)26-18-20-34-21-19-26)22-35-38(29)33(23-10-4-1-5-11-23,24-12-6-2-7-13-24)25-14-8-3-9-15-25/h1-15,22,26,34H,16-21H2,(H,39,40). The summed E-state index contributed by atoms with van der Waals surface area (Å²) in [6.07, 6.45) is 5.04. The first-order chi connectivity index (χ1) is 19.7. The molecular weight excluding hydrogens is 498 g/mol. The zero-order valence-electron chi connectivity index (χ0n) is 22.2. The summed E-state index contributed by atoms with van der Waals surface area (Å²) in [6, 6.07) is 31.8. The van der Waals surface area contributed by atoms with Crippen molar-refractivity contribution < 1.29 is 9.90 Å². The van der Waals surface area contributed by atoms with Crippen LogP contribution in [-0.2, 0) is 18.4 Å².